The van der Waals surface area contributed by atoms with Crippen LogP contribution >= 0.6 is 0 Å². The highest BCUT2D eigenvalue weighted by atomic mass is 19.3. The van der Waals surface area contributed by atoms with Gasteiger partial charge in [0.05, 0.1) is 11.1 Å². The molecule has 0 saturated heterocycles. The molecule has 10 heteroatoms. The third kappa shape index (κ3) is 3.06. The highest BCUT2D eigenvalue weighted by Crippen LogP contribution is 2.47. The first-order valence-corrected chi connectivity index (χ1v) is 7.67. The van der Waals surface area contributed by atoms with Gasteiger partial charge in [0.25, 0.3) is 12.3 Å². The largest absolute Gasteiger partial charge is 0.382 e. The van der Waals surface area contributed by atoms with E-state index in [4.69, 9.17) is 5.26 Å². The Morgan fingerprint density at radius 3 is 2.56 bits per heavy atom. The van der Waals surface area contributed by atoms with Gasteiger partial charge in [-0.15, -0.1) is 0 Å². The molecule has 0 saturated carbocycles. The van der Waals surface area contributed by atoms with Gasteiger partial charge in [-0.3, -0.25) is 0 Å². The zero-order chi connectivity index (χ0) is 20.1. The van der Waals surface area contributed by atoms with Gasteiger partial charge in [0.15, 0.2) is 0 Å². The van der Waals surface area contributed by atoms with Crippen molar-refractivity contribution >= 4 is 0 Å². The molecule has 3 rings (SSSR count). The number of aliphatic hydroxyl groups is 1. The van der Waals surface area contributed by atoms with Crippen LogP contribution in [0.2, 0.25) is 0 Å². The molecule has 0 bridgehead atoms. The Morgan fingerprint density at radius 1 is 1.30 bits per heavy atom. The molecule has 1 heterocycles. The third-order valence-electron chi connectivity index (χ3n) is 4.49. The molecule has 1 aromatic heterocycles. The second kappa shape index (κ2) is 6.27. The highest BCUT2D eigenvalue weighted by Gasteiger charge is 2.50. The van der Waals surface area contributed by atoms with Crippen LogP contribution in [-0.2, 0) is 12.3 Å². The van der Waals surface area contributed by atoms with E-state index in [1.807, 2.05) is 0 Å². The van der Waals surface area contributed by atoms with Gasteiger partial charge in [0.1, 0.15) is 18.0 Å². The predicted octanol–water partition coefficient (Wildman–Crippen LogP) is 4.78. The molecule has 1 unspecified atom stereocenters. The second-order valence-corrected chi connectivity index (χ2v) is 6.13. The van der Waals surface area contributed by atoms with Crippen molar-refractivity contribution in [2.45, 2.75) is 37.2 Å². The Hall–Kier alpha value is -2.54. The molecule has 0 fully saturated rings. The summed E-state index contributed by atoms with van der Waals surface area (Å²) in [5.74, 6) is -9.12. The van der Waals surface area contributed by atoms with E-state index in [2.05, 4.69) is 0 Å². The van der Waals surface area contributed by atoms with E-state index in [-0.39, 0.29) is 11.4 Å². The SMILES string of the molecule is N#CC(F)(F)c1cn(-c2ccc(F)c(C(F)F)c2)c2c1C(O)C(F)(F)CC2. The zero-order valence-electron chi connectivity index (χ0n) is 13.4. The summed E-state index contributed by atoms with van der Waals surface area (Å²) in [5.41, 5.74) is -3.31. The van der Waals surface area contributed by atoms with Crippen LogP contribution < -0.4 is 0 Å². The van der Waals surface area contributed by atoms with E-state index in [1.54, 1.807) is 0 Å². The van der Waals surface area contributed by atoms with E-state index < -0.39 is 59.7 Å². The van der Waals surface area contributed by atoms with Crippen LogP contribution in [0.25, 0.3) is 5.69 Å². The van der Waals surface area contributed by atoms with Gasteiger partial charge in [-0.1, -0.05) is 0 Å². The molecule has 0 spiro atoms. The first kappa shape index (κ1) is 19.2. The molecule has 1 N–H and O–H groups in total. The topological polar surface area (TPSA) is 49.0 Å². The van der Waals surface area contributed by atoms with Crippen molar-refractivity contribution in [1.82, 2.24) is 4.57 Å². The molecular weight excluding hydrogens is 381 g/mol. The van der Waals surface area contributed by atoms with Crippen LogP contribution in [0.1, 0.15) is 41.3 Å². The summed E-state index contributed by atoms with van der Waals surface area (Å²) in [5, 5.41) is 18.6. The third-order valence-corrected chi connectivity index (χ3v) is 4.49. The van der Waals surface area contributed by atoms with Crippen molar-refractivity contribution in [2.24, 2.45) is 0 Å². The van der Waals surface area contributed by atoms with Crippen LogP contribution in [0.15, 0.2) is 24.4 Å². The van der Waals surface area contributed by atoms with Crippen LogP contribution in [0, 0.1) is 17.1 Å². The molecule has 0 radical (unpaired) electrons. The summed E-state index contributed by atoms with van der Waals surface area (Å²) in [7, 11) is 0. The average Bonchev–Trinajstić information content (AvgIpc) is 2.99. The minimum atomic E-state index is -4.20. The molecule has 2 aromatic rings. The number of hydrogen-bond donors (Lipinski definition) is 1. The summed E-state index contributed by atoms with van der Waals surface area (Å²) >= 11 is 0. The van der Waals surface area contributed by atoms with Gasteiger partial charge < -0.3 is 9.67 Å². The van der Waals surface area contributed by atoms with Gasteiger partial charge in [0.2, 0.25) is 0 Å². The molecule has 27 heavy (non-hydrogen) atoms. The maximum Gasteiger partial charge on any atom is 0.359 e. The Kier molecular flexibility index (Phi) is 4.46. The molecule has 3 nitrogen and oxygen atoms in total. The summed E-state index contributed by atoms with van der Waals surface area (Å²) in [6.07, 6.45) is -6.47. The Labute approximate surface area is 148 Å². The van der Waals surface area contributed by atoms with Gasteiger partial charge >= 0.3 is 5.92 Å². The van der Waals surface area contributed by atoms with Crippen molar-refractivity contribution in [3.8, 4) is 11.8 Å². The van der Waals surface area contributed by atoms with Crippen molar-refractivity contribution in [3.63, 3.8) is 0 Å². The van der Waals surface area contributed by atoms with Crippen molar-refractivity contribution in [3.05, 3.63) is 52.6 Å². The van der Waals surface area contributed by atoms with Crippen molar-refractivity contribution < 1.29 is 35.8 Å². The Balaban J connectivity index is 2.27. The number of aliphatic hydroxyl groups excluding tert-OH is 1. The number of hydrogen-bond acceptors (Lipinski definition) is 2. The van der Waals surface area contributed by atoms with E-state index in [1.165, 1.54) is 0 Å². The smallest absolute Gasteiger partial charge is 0.359 e. The number of rotatable bonds is 3. The fraction of sp³-hybridized carbons (Fsp3) is 0.353. The molecule has 1 aliphatic carbocycles. The maximum absolute atomic E-state index is 14.0. The van der Waals surface area contributed by atoms with E-state index in [0.717, 1.165) is 10.6 Å². The van der Waals surface area contributed by atoms with E-state index in [9.17, 15) is 35.8 Å². The lowest BCUT2D eigenvalue weighted by Gasteiger charge is -2.29. The number of nitriles is 1. The Bertz CT molecular complexity index is 930. The predicted molar refractivity (Wildman–Crippen MR) is 78.4 cm³/mol. The summed E-state index contributed by atoms with van der Waals surface area (Å²) in [6.45, 7) is 0. The van der Waals surface area contributed by atoms with Gasteiger partial charge in [-0.05, 0) is 24.6 Å². The number of alkyl halides is 6. The lowest BCUT2D eigenvalue weighted by molar-refractivity contribution is -0.123. The van der Waals surface area contributed by atoms with Crippen LogP contribution in [-0.4, -0.2) is 15.6 Å². The quantitative estimate of drug-likeness (QED) is 0.764. The fourth-order valence-electron chi connectivity index (χ4n) is 3.14. The van der Waals surface area contributed by atoms with Gasteiger partial charge in [-0.25, -0.2) is 22.0 Å². The normalized spacial score (nSPS) is 19.0. The van der Waals surface area contributed by atoms with Gasteiger partial charge in [0, 0.05) is 29.6 Å². The zero-order valence-corrected chi connectivity index (χ0v) is 13.4. The maximum atomic E-state index is 14.0. The standard InChI is InChI=1S/C17H11F7N2O/c18-11-2-1-8(5-9(11)15(19)20)26-6-10(17(23,24)7-25)13-12(26)3-4-16(21,22)14(13)27/h1-2,5-6,14-15,27H,3-4H2. The average molecular weight is 392 g/mol. The monoisotopic (exact) mass is 392 g/mol. The van der Waals surface area contributed by atoms with Crippen LogP contribution in [0.3, 0.4) is 0 Å². The first-order chi connectivity index (χ1) is 12.5. The number of aromatic nitrogens is 1. The summed E-state index contributed by atoms with van der Waals surface area (Å²) in [6, 6.07) is 3.08. The minimum Gasteiger partial charge on any atom is -0.382 e. The molecule has 1 atom stereocenters. The number of benzene rings is 1. The molecule has 0 aliphatic heterocycles. The number of nitrogens with zero attached hydrogens (tertiary/aromatic N) is 2. The number of fused-ring (bicyclic) bond motifs is 1. The van der Waals surface area contributed by atoms with E-state index >= 15 is 0 Å². The molecule has 0 amide bonds. The second-order valence-electron chi connectivity index (χ2n) is 6.13. The lowest BCUT2D eigenvalue weighted by atomic mass is 9.87. The molecular formula is C17H11F7N2O. The van der Waals surface area contributed by atoms with Gasteiger partial charge in [-0.2, -0.15) is 14.0 Å². The van der Waals surface area contributed by atoms with Crippen LogP contribution in [0.4, 0.5) is 30.7 Å². The minimum absolute atomic E-state index is 0.176. The Morgan fingerprint density at radius 2 is 1.96 bits per heavy atom. The fourth-order valence-corrected chi connectivity index (χ4v) is 3.14. The lowest BCUT2D eigenvalue weighted by Crippen LogP contribution is -2.33. The number of halogens is 7. The molecule has 144 valence electrons. The van der Waals surface area contributed by atoms with Crippen LogP contribution in [0.5, 0.6) is 0 Å². The first-order valence-electron chi connectivity index (χ1n) is 7.67. The highest BCUT2D eigenvalue weighted by molar-refractivity contribution is 5.49. The summed E-state index contributed by atoms with van der Waals surface area (Å²) < 4.78 is 95.9. The van der Waals surface area contributed by atoms with Crippen molar-refractivity contribution in [2.75, 3.05) is 0 Å². The molecule has 1 aliphatic rings. The van der Waals surface area contributed by atoms with Crippen molar-refractivity contribution in [1.29, 1.82) is 5.26 Å². The molecule has 1 aromatic carbocycles. The van der Waals surface area contributed by atoms with E-state index in [0.29, 0.717) is 24.4 Å². The summed E-state index contributed by atoms with van der Waals surface area (Å²) in [4.78, 5) is 0.